The van der Waals surface area contributed by atoms with Crippen LogP contribution in [0.4, 0.5) is 0 Å². The molecule has 1 aromatic carbocycles. The van der Waals surface area contributed by atoms with Gasteiger partial charge in [-0.1, -0.05) is 45.0 Å². The van der Waals surface area contributed by atoms with Crippen molar-refractivity contribution in [3.8, 4) is 0 Å². The van der Waals surface area contributed by atoms with E-state index in [0.717, 1.165) is 24.2 Å². The second-order valence-electron chi connectivity index (χ2n) is 5.19. The molecule has 0 bridgehead atoms. The summed E-state index contributed by atoms with van der Waals surface area (Å²) in [4.78, 5) is 10.8. The Labute approximate surface area is 109 Å². The van der Waals surface area contributed by atoms with Crippen LogP contribution in [-0.4, -0.2) is 17.6 Å². The Kier molecular flexibility index (Phi) is 5.86. The number of carbonyl (C=O) groups is 1. The maximum absolute atomic E-state index is 10.8. The predicted molar refractivity (Wildman–Crippen MR) is 73.5 cm³/mol. The molecule has 1 rings (SSSR count). The molecule has 0 fully saturated rings. The van der Waals surface area contributed by atoms with Crippen molar-refractivity contribution in [2.24, 2.45) is 11.8 Å². The van der Waals surface area contributed by atoms with Gasteiger partial charge in [-0.25, -0.2) is 0 Å². The lowest BCUT2D eigenvalue weighted by molar-refractivity contribution is -0.136. The molecule has 3 nitrogen and oxygen atoms in total. The van der Waals surface area contributed by atoms with Crippen molar-refractivity contribution >= 4 is 5.97 Å². The van der Waals surface area contributed by atoms with E-state index in [1.54, 1.807) is 0 Å². The van der Waals surface area contributed by atoms with E-state index >= 15 is 0 Å². The van der Waals surface area contributed by atoms with Crippen LogP contribution in [-0.2, 0) is 17.8 Å². The molecule has 0 spiro atoms. The maximum Gasteiger partial charge on any atom is 0.307 e. The molecule has 3 heteroatoms. The van der Waals surface area contributed by atoms with Gasteiger partial charge in [0.1, 0.15) is 0 Å². The molecule has 0 aromatic heterocycles. The first-order valence-electron chi connectivity index (χ1n) is 6.50. The number of hydrogen-bond acceptors (Lipinski definition) is 2. The zero-order valence-electron chi connectivity index (χ0n) is 11.4. The molecule has 1 aromatic rings. The van der Waals surface area contributed by atoms with Gasteiger partial charge in [-0.3, -0.25) is 4.79 Å². The standard InChI is InChI=1S/C15H23NO2/c1-11(2)12(3)9-16-10-14-7-5-4-6-13(14)8-15(17)18/h4-7,11-12,16H,8-10H2,1-3H3,(H,17,18). The fourth-order valence-corrected chi connectivity index (χ4v) is 1.74. The molecular weight excluding hydrogens is 226 g/mol. The fourth-order valence-electron chi connectivity index (χ4n) is 1.74. The van der Waals surface area contributed by atoms with Gasteiger partial charge in [-0.05, 0) is 29.5 Å². The third-order valence-electron chi connectivity index (χ3n) is 3.38. The Morgan fingerprint density at radius 3 is 2.39 bits per heavy atom. The van der Waals surface area contributed by atoms with Crippen molar-refractivity contribution in [3.05, 3.63) is 35.4 Å². The molecule has 0 aliphatic heterocycles. The van der Waals surface area contributed by atoms with Crippen LogP contribution in [0.2, 0.25) is 0 Å². The van der Waals surface area contributed by atoms with E-state index in [1.807, 2.05) is 24.3 Å². The van der Waals surface area contributed by atoms with Gasteiger partial charge in [-0.15, -0.1) is 0 Å². The highest BCUT2D eigenvalue weighted by Crippen LogP contribution is 2.11. The van der Waals surface area contributed by atoms with Gasteiger partial charge in [0, 0.05) is 6.54 Å². The van der Waals surface area contributed by atoms with Crippen LogP contribution >= 0.6 is 0 Å². The van der Waals surface area contributed by atoms with Crippen molar-refractivity contribution in [1.29, 1.82) is 0 Å². The fraction of sp³-hybridized carbons (Fsp3) is 0.533. The summed E-state index contributed by atoms with van der Waals surface area (Å²) >= 11 is 0. The number of carboxylic acids is 1. The number of nitrogens with one attached hydrogen (secondary N) is 1. The first kappa shape index (κ1) is 14.7. The molecule has 18 heavy (non-hydrogen) atoms. The van der Waals surface area contributed by atoms with Crippen molar-refractivity contribution in [2.45, 2.75) is 33.7 Å². The predicted octanol–water partition coefficient (Wildman–Crippen LogP) is 2.70. The number of carboxylic acid groups (broad SMARTS) is 1. The number of benzene rings is 1. The van der Waals surface area contributed by atoms with Crippen LogP contribution in [0, 0.1) is 11.8 Å². The van der Waals surface area contributed by atoms with Gasteiger partial charge in [0.25, 0.3) is 0 Å². The zero-order chi connectivity index (χ0) is 13.5. The molecule has 0 saturated carbocycles. The molecule has 0 amide bonds. The summed E-state index contributed by atoms with van der Waals surface area (Å²) in [5.41, 5.74) is 1.98. The van der Waals surface area contributed by atoms with Gasteiger partial charge in [0.15, 0.2) is 0 Å². The van der Waals surface area contributed by atoms with E-state index in [4.69, 9.17) is 5.11 Å². The SMILES string of the molecule is CC(C)C(C)CNCc1ccccc1CC(=O)O. The first-order chi connectivity index (χ1) is 8.50. The third-order valence-corrected chi connectivity index (χ3v) is 3.38. The molecule has 0 heterocycles. The number of rotatable bonds is 7. The zero-order valence-corrected chi connectivity index (χ0v) is 11.4. The van der Waals surface area contributed by atoms with Gasteiger partial charge in [-0.2, -0.15) is 0 Å². The average molecular weight is 249 g/mol. The second-order valence-corrected chi connectivity index (χ2v) is 5.19. The molecule has 0 radical (unpaired) electrons. The average Bonchev–Trinajstić information content (AvgIpc) is 2.30. The van der Waals surface area contributed by atoms with E-state index in [2.05, 4.69) is 26.1 Å². The van der Waals surface area contributed by atoms with Crippen LogP contribution in [0.15, 0.2) is 24.3 Å². The summed E-state index contributed by atoms with van der Waals surface area (Å²) in [5.74, 6) is 0.501. The Hall–Kier alpha value is -1.35. The van der Waals surface area contributed by atoms with Gasteiger partial charge >= 0.3 is 5.97 Å². The Bertz CT molecular complexity index is 388. The van der Waals surface area contributed by atoms with E-state index < -0.39 is 5.97 Å². The largest absolute Gasteiger partial charge is 0.481 e. The molecule has 1 unspecified atom stereocenters. The lowest BCUT2D eigenvalue weighted by Gasteiger charge is -2.17. The van der Waals surface area contributed by atoms with E-state index in [0.29, 0.717) is 11.8 Å². The Morgan fingerprint density at radius 1 is 1.22 bits per heavy atom. The van der Waals surface area contributed by atoms with E-state index in [1.165, 1.54) is 0 Å². The second kappa shape index (κ2) is 7.17. The minimum absolute atomic E-state index is 0.0948. The Balaban J connectivity index is 2.53. The molecule has 0 saturated heterocycles. The van der Waals surface area contributed by atoms with E-state index in [-0.39, 0.29) is 6.42 Å². The Morgan fingerprint density at radius 2 is 1.83 bits per heavy atom. The van der Waals surface area contributed by atoms with Gasteiger partial charge in [0.2, 0.25) is 0 Å². The van der Waals surface area contributed by atoms with Crippen LogP contribution in [0.1, 0.15) is 31.9 Å². The number of aliphatic carboxylic acids is 1. The summed E-state index contributed by atoms with van der Waals surface area (Å²) in [6, 6.07) is 7.72. The quantitative estimate of drug-likeness (QED) is 0.781. The maximum atomic E-state index is 10.8. The van der Waals surface area contributed by atoms with Gasteiger partial charge < -0.3 is 10.4 Å². The lowest BCUT2D eigenvalue weighted by Crippen LogP contribution is -2.24. The topological polar surface area (TPSA) is 49.3 Å². The molecule has 0 aliphatic carbocycles. The lowest BCUT2D eigenvalue weighted by atomic mass is 9.98. The first-order valence-corrected chi connectivity index (χ1v) is 6.50. The summed E-state index contributed by atoms with van der Waals surface area (Å²) in [5, 5.41) is 12.3. The molecule has 2 N–H and O–H groups in total. The van der Waals surface area contributed by atoms with Crippen molar-refractivity contribution < 1.29 is 9.90 Å². The highest BCUT2D eigenvalue weighted by Gasteiger charge is 2.08. The van der Waals surface area contributed by atoms with Crippen LogP contribution in [0.3, 0.4) is 0 Å². The normalized spacial score (nSPS) is 12.7. The molecule has 0 aliphatic rings. The highest BCUT2D eigenvalue weighted by atomic mass is 16.4. The minimum atomic E-state index is -0.780. The summed E-state index contributed by atoms with van der Waals surface area (Å²) in [7, 11) is 0. The summed E-state index contributed by atoms with van der Waals surface area (Å²) in [6.45, 7) is 8.34. The van der Waals surface area contributed by atoms with Gasteiger partial charge in [0.05, 0.1) is 6.42 Å². The van der Waals surface area contributed by atoms with Crippen molar-refractivity contribution in [1.82, 2.24) is 5.32 Å². The molecule has 100 valence electrons. The van der Waals surface area contributed by atoms with E-state index in [9.17, 15) is 4.79 Å². The smallest absolute Gasteiger partial charge is 0.307 e. The summed E-state index contributed by atoms with van der Waals surface area (Å²) < 4.78 is 0. The van der Waals surface area contributed by atoms with Crippen molar-refractivity contribution in [3.63, 3.8) is 0 Å². The van der Waals surface area contributed by atoms with Crippen LogP contribution in [0.25, 0.3) is 0 Å². The summed E-state index contributed by atoms with van der Waals surface area (Å²) in [6.07, 6.45) is 0.0948. The molecule has 1 atom stereocenters. The highest BCUT2D eigenvalue weighted by molar-refractivity contribution is 5.70. The third kappa shape index (κ3) is 4.88. The number of hydrogen-bond donors (Lipinski definition) is 2. The minimum Gasteiger partial charge on any atom is -0.481 e. The monoisotopic (exact) mass is 249 g/mol. The van der Waals surface area contributed by atoms with Crippen molar-refractivity contribution in [2.75, 3.05) is 6.54 Å². The molecular formula is C15H23NO2. The van der Waals surface area contributed by atoms with Crippen LogP contribution < -0.4 is 5.32 Å². The van der Waals surface area contributed by atoms with Crippen LogP contribution in [0.5, 0.6) is 0 Å².